The molecule has 2 heterocycles. The summed E-state index contributed by atoms with van der Waals surface area (Å²) < 4.78 is 0. The first-order valence-electron chi connectivity index (χ1n) is 9.50. The average molecular weight is 477 g/mol. The summed E-state index contributed by atoms with van der Waals surface area (Å²) in [6, 6.07) is 13.0. The Morgan fingerprint density at radius 2 is 1.74 bits per heavy atom. The number of amides is 1. The van der Waals surface area contributed by atoms with E-state index in [1.54, 1.807) is 29.5 Å². The van der Waals surface area contributed by atoms with Crippen LogP contribution in [0.4, 0.5) is 5.82 Å². The minimum absolute atomic E-state index is 0.0881. The number of carbonyl (C=O) groups excluding carboxylic acids is 1. The third kappa shape index (κ3) is 10.8. The van der Waals surface area contributed by atoms with E-state index in [0.717, 1.165) is 22.1 Å². The van der Waals surface area contributed by atoms with Gasteiger partial charge < -0.3 is 10.6 Å². The highest BCUT2D eigenvalue weighted by Crippen LogP contribution is 2.25. The van der Waals surface area contributed by atoms with Crippen LogP contribution in [-0.2, 0) is 11.3 Å². The van der Waals surface area contributed by atoms with Crippen LogP contribution in [0.25, 0.3) is 10.6 Å². The number of terminal acetylenes is 1. The Balaban J connectivity index is 0.000000720. The maximum absolute atomic E-state index is 12.0. The number of carbonyl (C=O) groups is 1. The van der Waals surface area contributed by atoms with Crippen LogP contribution in [0.3, 0.4) is 0 Å². The molecule has 5 nitrogen and oxygen atoms in total. The number of nitrogens with one attached hydrogen (secondary N) is 2. The van der Waals surface area contributed by atoms with Crippen molar-refractivity contribution in [3.8, 4) is 23.4 Å². The minimum Gasteiger partial charge on any atom is -0.361 e. The molecule has 0 radical (unpaired) electrons. The second-order valence-electron chi connectivity index (χ2n) is 6.87. The number of rotatable bonds is 6. The zero-order chi connectivity index (χ0) is 23.2. The van der Waals surface area contributed by atoms with Gasteiger partial charge in [-0.05, 0) is 46.7 Å². The van der Waals surface area contributed by atoms with E-state index in [9.17, 15) is 4.79 Å². The molecule has 0 bridgehead atoms. The number of benzene rings is 1. The van der Waals surface area contributed by atoms with Gasteiger partial charge in [-0.3, -0.25) is 4.79 Å². The summed E-state index contributed by atoms with van der Waals surface area (Å²) >= 11 is 13.4. The lowest BCUT2D eigenvalue weighted by molar-refractivity contribution is -0.119. The summed E-state index contributed by atoms with van der Waals surface area (Å²) in [4.78, 5) is 21.3. The van der Waals surface area contributed by atoms with Gasteiger partial charge in [-0.25, -0.2) is 9.97 Å². The van der Waals surface area contributed by atoms with Crippen LogP contribution in [-0.4, -0.2) is 22.4 Å². The van der Waals surface area contributed by atoms with E-state index >= 15 is 0 Å². The normalized spacial score (nSPS) is 9.68. The van der Waals surface area contributed by atoms with Gasteiger partial charge in [-0.15, -0.1) is 24.2 Å². The molecule has 8 heteroatoms. The number of hydrogen-bond acceptors (Lipinski definition) is 5. The monoisotopic (exact) mass is 476 g/mol. The van der Waals surface area contributed by atoms with E-state index in [-0.39, 0.29) is 17.7 Å². The molecule has 0 aliphatic heterocycles. The summed E-state index contributed by atoms with van der Waals surface area (Å²) in [5.74, 6) is 1.19. The molecule has 3 rings (SSSR count). The molecule has 0 atom stereocenters. The second kappa shape index (κ2) is 14.4. The standard InChI is InChI=1S/C17H14Cl2N4OS.C4H10.C2H2/c18-12-5-3-11(4-6-12)9-21-16(24)10-20-15-8-13(22-17(19)23-15)14-2-1-7-25-14;1-4(2)3;1-2/h1-8H,9-10H2,(H,21,24)(H,20,22,23);4H,1-3H3;1-2H. The molecule has 0 unspecified atom stereocenters. The number of thiophene rings is 1. The summed E-state index contributed by atoms with van der Waals surface area (Å²) in [6.45, 7) is 7.02. The van der Waals surface area contributed by atoms with E-state index in [1.165, 1.54) is 0 Å². The Kier molecular flexibility index (Phi) is 12.3. The molecule has 2 N–H and O–H groups in total. The molecule has 0 saturated heterocycles. The van der Waals surface area contributed by atoms with Crippen molar-refractivity contribution in [2.75, 3.05) is 11.9 Å². The van der Waals surface area contributed by atoms with Gasteiger partial charge in [-0.1, -0.05) is 50.6 Å². The first-order chi connectivity index (χ1) is 14.8. The summed E-state index contributed by atoms with van der Waals surface area (Å²) in [7, 11) is 0. The van der Waals surface area contributed by atoms with Crippen molar-refractivity contribution in [1.29, 1.82) is 0 Å². The molecule has 0 saturated carbocycles. The molecule has 1 aromatic carbocycles. The molecule has 2 aromatic heterocycles. The predicted molar refractivity (Wildman–Crippen MR) is 133 cm³/mol. The Morgan fingerprint density at radius 3 is 2.32 bits per heavy atom. The SMILES string of the molecule is C#C.CC(C)C.O=C(CNc1cc(-c2cccs2)nc(Cl)n1)NCc1ccc(Cl)cc1. The highest BCUT2D eigenvalue weighted by Gasteiger charge is 2.08. The van der Waals surface area contributed by atoms with Crippen LogP contribution in [0.1, 0.15) is 26.3 Å². The number of nitrogens with zero attached hydrogens (tertiary/aromatic N) is 2. The van der Waals surface area contributed by atoms with E-state index in [2.05, 4.69) is 54.2 Å². The lowest BCUT2D eigenvalue weighted by Crippen LogP contribution is -2.29. The van der Waals surface area contributed by atoms with Crippen LogP contribution in [0, 0.1) is 18.8 Å². The number of halogens is 2. The van der Waals surface area contributed by atoms with E-state index in [4.69, 9.17) is 23.2 Å². The van der Waals surface area contributed by atoms with E-state index in [1.807, 2.05) is 29.6 Å². The predicted octanol–water partition coefficient (Wildman–Crippen LogP) is 6.15. The summed E-state index contributed by atoms with van der Waals surface area (Å²) in [6.07, 6.45) is 8.00. The van der Waals surface area contributed by atoms with Gasteiger partial charge in [0, 0.05) is 17.6 Å². The molecule has 0 aliphatic rings. The fourth-order valence-electron chi connectivity index (χ4n) is 2.10. The van der Waals surface area contributed by atoms with Crippen molar-refractivity contribution in [3.63, 3.8) is 0 Å². The number of anilines is 1. The smallest absolute Gasteiger partial charge is 0.239 e. The van der Waals surface area contributed by atoms with Crippen LogP contribution >= 0.6 is 34.5 Å². The van der Waals surface area contributed by atoms with E-state index < -0.39 is 0 Å². The molecular formula is C23H26Cl2N4OS. The van der Waals surface area contributed by atoms with Crippen LogP contribution in [0.15, 0.2) is 47.8 Å². The van der Waals surface area contributed by atoms with Crippen LogP contribution in [0.2, 0.25) is 10.3 Å². The fourth-order valence-corrected chi connectivity index (χ4v) is 3.09. The molecule has 0 fully saturated rings. The quantitative estimate of drug-likeness (QED) is 0.330. The van der Waals surface area contributed by atoms with Crippen molar-refractivity contribution < 1.29 is 4.79 Å². The maximum Gasteiger partial charge on any atom is 0.239 e. The Labute approximate surface area is 198 Å². The van der Waals surface area contributed by atoms with Gasteiger partial charge in [0.1, 0.15) is 5.82 Å². The van der Waals surface area contributed by atoms with Crippen molar-refractivity contribution in [2.45, 2.75) is 27.3 Å². The van der Waals surface area contributed by atoms with Gasteiger partial charge in [0.15, 0.2) is 0 Å². The molecule has 31 heavy (non-hydrogen) atoms. The van der Waals surface area contributed by atoms with E-state index in [0.29, 0.717) is 17.4 Å². The van der Waals surface area contributed by atoms with Gasteiger partial charge >= 0.3 is 0 Å². The van der Waals surface area contributed by atoms with Gasteiger partial charge in [0.2, 0.25) is 11.2 Å². The minimum atomic E-state index is -0.151. The molecule has 164 valence electrons. The Bertz CT molecular complexity index is 939. The first-order valence-corrected chi connectivity index (χ1v) is 11.1. The second-order valence-corrected chi connectivity index (χ2v) is 8.60. The number of aromatic nitrogens is 2. The Hall–Kier alpha value is -2.59. The summed E-state index contributed by atoms with van der Waals surface area (Å²) in [5.41, 5.74) is 1.70. The Morgan fingerprint density at radius 1 is 1.10 bits per heavy atom. The van der Waals surface area contributed by atoms with Gasteiger partial charge in [0.25, 0.3) is 0 Å². The molecule has 3 aromatic rings. The third-order valence-corrected chi connectivity index (χ3v) is 4.62. The van der Waals surface area contributed by atoms with Crippen molar-refractivity contribution in [1.82, 2.24) is 15.3 Å². The average Bonchev–Trinajstić information content (AvgIpc) is 3.28. The zero-order valence-corrected chi connectivity index (χ0v) is 20.1. The molecule has 0 aliphatic carbocycles. The highest BCUT2D eigenvalue weighted by atomic mass is 35.5. The van der Waals surface area contributed by atoms with Gasteiger partial charge in [-0.2, -0.15) is 0 Å². The van der Waals surface area contributed by atoms with Crippen LogP contribution < -0.4 is 10.6 Å². The molecule has 0 spiro atoms. The fraction of sp³-hybridized carbons (Fsp3) is 0.261. The first kappa shape index (κ1) is 26.4. The molecule has 1 amide bonds. The van der Waals surface area contributed by atoms with Crippen LogP contribution in [0.5, 0.6) is 0 Å². The van der Waals surface area contributed by atoms with Crippen molar-refractivity contribution in [3.05, 3.63) is 63.7 Å². The topological polar surface area (TPSA) is 66.9 Å². The number of hydrogen-bond donors (Lipinski definition) is 2. The zero-order valence-electron chi connectivity index (χ0n) is 17.7. The highest BCUT2D eigenvalue weighted by molar-refractivity contribution is 7.13. The summed E-state index contributed by atoms with van der Waals surface area (Å²) in [5, 5.41) is 8.56. The maximum atomic E-state index is 12.0. The molecular weight excluding hydrogens is 451 g/mol. The third-order valence-electron chi connectivity index (χ3n) is 3.31. The largest absolute Gasteiger partial charge is 0.361 e. The lowest BCUT2D eigenvalue weighted by Gasteiger charge is -2.08. The van der Waals surface area contributed by atoms with Crippen molar-refractivity contribution in [2.24, 2.45) is 5.92 Å². The van der Waals surface area contributed by atoms with Gasteiger partial charge in [0.05, 0.1) is 17.1 Å². The van der Waals surface area contributed by atoms with Crippen molar-refractivity contribution >= 4 is 46.3 Å². The lowest BCUT2D eigenvalue weighted by atomic mass is 10.2.